The number of nitrogens with two attached hydrogens (primary N) is 1. The van der Waals surface area contributed by atoms with E-state index < -0.39 is 29.4 Å². The molecular weight excluding hydrogens is 668 g/mol. The van der Waals surface area contributed by atoms with E-state index in [0.717, 1.165) is 42.4 Å². The lowest BCUT2D eigenvalue weighted by molar-refractivity contribution is -0.215. The van der Waals surface area contributed by atoms with E-state index in [1.807, 2.05) is 25.2 Å². The molecule has 3 aliphatic carbocycles. The Morgan fingerprint density at radius 2 is 2.04 bits per heavy atom. The molecule has 0 saturated heterocycles. The second-order valence-corrected chi connectivity index (χ2v) is 15.7. The highest BCUT2D eigenvalue weighted by Gasteiger charge is 2.70. The van der Waals surface area contributed by atoms with Crippen LogP contribution in [-0.4, -0.2) is 58.7 Å². The molecule has 0 bridgehead atoms. The molecule has 1 amide bonds. The molecule has 284 valence electrons. The summed E-state index contributed by atoms with van der Waals surface area (Å²) in [6, 6.07) is 5.36. The number of amides is 1. The zero-order valence-corrected chi connectivity index (χ0v) is 31.3. The molecule has 6 rings (SSSR count). The van der Waals surface area contributed by atoms with Gasteiger partial charge in [-0.2, -0.15) is 0 Å². The minimum absolute atomic E-state index is 0.00276. The van der Waals surface area contributed by atoms with Crippen molar-refractivity contribution in [2.75, 3.05) is 19.8 Å². The summed E-state index contributed by atoms with van der Waals surface area (Å²) in [6.45, 7) is 8.73. The van der Waals surface area contributed by atoms with Crippen molar-refractivity contribution in [1.82, 2.24) is 5.32 Å². The summed E-state index contributed by atoms with van der Waals surface area (Å²) in [5, 5.41) is 38.3. The van der Waals surface area contributed by atoms with Crippen LogP contribution in [0.15, 0.2) is 76.9 Å². The summed E-state index contributed by atoms with van der Waals surface area (Å²) in [7, 11) is 0. The lowest BCUT2D eigenvalue weighted by Crippen LogP contribution is -2.65. The quantitative estimate of drug-likeness (QED) is 0.122. The summed E-state index contributed by atoms with van der Waals surface area (Å²) in [5.74, 6) is 5.96. The first-order valence-electron chi connectivity index (χ1n) is 19.3. The van der Waals surface area contributed by atoms with Crippen LogP contribution in [0.25, 0.3) is 0 Å². The Hall–Kier alpha value is -3.78. The Bertz CT molecular complexity index is 1780. The third-order valence-electron chi connectivity index (χ3n) is 12.7. The Labute approximate surface area is 314 Å². The molecule has 5 aliphatic rings. The highest BCUT2D eigenvalue weighted by atomic mass is 16.6. The standard InChI is InChI=1S/C44H56N2O7/c1-28-11-4-5-24-52-27-32(16-7-14-29(2)13-6-12-28)36-26-33-17-9-21-43(51)22-20-34(37(19-10-23-47)44(33,43)40(36)49)30(3)38(48)25-31-15-8-18-35-39(31)53-42(50)46-41(35)45/h7-8,12,14-16,18,33,36-37,40-41,47,49,51H,2,6,9-11,13,17,19-27,45H2,1,3H3,(H,46,50). The fourth-order valence-corrected chi connectivity index (χ4v) is 10.2. The Morgan fingerprint density at radius 3 is 2.85 bits per heavy atom. The van der Waals surface area contributed by atoms with Gasteiger partial charge in [0, 0.05) is 41.9 Å². The van der Waals surface area contributed by atoms with Gasteiger partial charge in [0.25, 0.3) is 0 Å². The van der Waals surface area contributed by atoms with E-state index in [-0.39, 0.29) is 43.2 Å². The van der Waals surface area contributed by atoms with Crippen LogP contribution >= 0.6 is 0 Å². The average molecular weight is 725 g/mol. The minimum Gasteiger partial charge on any atom is -0.410 e. The maximum atomic E-state index is 14.2. The van der Waals surface area contributed by atoms with E-state index in [4.69, 9.17) is 15.2 Å². The van der Waals surface area contributed by atoms with Crippen molar-refractivity contribution < 1.29 is 34.4 Å². The Morgan fingerprint density at radius 1 is 1.21 bits per heavy atom. The van der Waals surface area contributed by atoms with E-state index in [0.29, 0.717) is 74.0 Å². The molecule has 6 N–H and O–H groups in total. The number of Topliss-reactive ketones (excluding diaryl/α,β-unsaturated/α-hetero) is 1. The lowest BCUT2D eigenvalue weighted by Gasteiger charge is -2.61. The zero-order valence-electron chi connectivity index (χ0n) is 31.3. The molecule has 0 aromatic heterocycles. The van der Waals surface area contributed by atoms with Gasteiger partial charge in [-0.05, 0) is 94.6 Å². The summed E-state index contributed by atoms with van der Waals surface area (Å²) in [5.41, 5.74) is 10.1. The van der Waals surface area contributed by atoms with Crippen LogP contribution in [-0.2, 0) is 16.0 Å². The number of ether oxygens (including phenoxy) is 2. The van der Waals surface area contributed by atoms with Crippen LogP contribution < -0.4 is 15.8 Å². The number of carbonyl (C=O) groups excluding carboxylic acids is 2. The fourth-order valence-electron chi connectivity index (χ4n) is 10.2. The topological polar surface area (TPSA) is 151 Å². The molecule has 3 fully saturated rings. The summed E-state index contributed by atoms with van der Waals surface area (Å²) in [6.07, 6.45) is 13.4. The van der Waals surface area contributed by atoms with Crippen molar-refractivity contribution in [2.24, 2.45) is 28.9 Å². The van der Waals surface area contributed by atoms with Crippen LogP contribution in [0.4, 0.5) is 4.79 Å². The number of rotatable bonds is 7. The molecule has 1 aromatic rings. The molecule has 53 heavy (non-hydrogen) atoms. The number of hydrogen-bond acceptors (Lipinski definition) is 8. The van der Waals surface area contributed by atoms with Gasteiger partial charge in [0.15, 0.2) is 5.78 Å². The lowest BCUT2D eigenvalue weighted by atomic mass is 9.45. The third-order valence-corrected chi connectivity index (χ3v) is 12.7. The largest absolute Gasteiger partial charge is 0.414 e. The molecule has 3 saturated carbocycles. The van der Waals surface area contributed by atoms with Crippen LogP contribution in [0.2, 0.25) is 0 Å². The first kappa shape index (κ1) is 38.9. The van der Waals surface area contributed by atoms with Crippen molar-refractivity contribution in [1.29, 1.82) is 0 Å². The number of fused-ring (bicyclic) bond motifs is 1. The fraction of sp³-hybridized carbons (Fsp3) is 0.545. The first-order chi connectivity index (χ1) is 25.5. The maximum Gasteiger partial charge on any atom is 0.414 e. The van der Waals surface area contributed by atoms with Gasteiger partial charge in [-0.1, -0.05) is 84.1 Å². The maximum absolute atomic E-state index is 14.2. The smallest absolute Gasteiger partial charge is 0.410 e. The second kappa shape index (κ2) is 16.7. The van der Waals surface area contributed by atoms with E-state index in [1.54, 1.807) is 18.2 Å². The molecule has 7 atom stereocenters. The summed E-state index contributed by atoms with van der Waals surface area (Å²) < 4.78 is 11.6. The first-order valence-corrected chi connectivity index (χ1v) is 19.3. The predicted octanol–water partition coefficient (Wildman–Crippen LogP) is 6.44. The van der Waals surface area contributed by atoms with Crippen molar-refractivity contribution in [3.63, 3.8) is 0 Å². The van der Waals surface area contributed by atoms with Crippen molar-refractivity contribution in [3.8, 4) is 17.6 Å². The molecule has 2 aliphatic heterocycles. The van der Waals surface area contributed by atoms with Gasteiger partial charge in [-0.3, -0.25) is 4.79 Å². The number of aliphatic hydroxyl groups excluding tert-OH is 2. The monoisotopic (exact) mass is 724 g/mol. The summed E-state index contributed by atoms with van der Waals surface area (Å²) in [4.78, 5) is 26.4. The Balaban J connectivity index is 1.36. The van der Waals surface area contributed by atoms with Crippen LogP contribution in [0.3, 0.4) is 0 Å². The van der Waals surface area contributed by atoms with Crippen LogP contribution in [0, 0.1) is 35.0 Å². The molecule has 9 nitrogen and oxygen atoms in total. The van der Waals surface area contributed by atoms with Crippen molar-refractivity contribution >= 4 is 11.9 Å². The summed E-state index contributed by atoms with van der Waals surface area (Å²) >= 11 is 0. The van der Waals surface area contributed by atoms with E-state index in [2.05, 4.69) is 36.7 Å². The number of carbonyl (C=O) groups is 2. The van der Waals surface area contributed by atoms with Gasteiger partial charge in [0.05, 0.1) is 18.3 Å². The number of aliphatic hydroxyl groups is 3. The highest BCUT2D eigenvalue weighted by molar-refractivity contribution is 5.97. The van der Waals surface area contributed by atoms with Gasteiger partial charge in [0.1, 0.15) is 18.5 Å². The van der Waals surface area contributed by atoms with Crippen molar-refractivity contribution in [2.45, 2.75) is 109 Å². The molecular formula is C44H56N2O7. The number of allylic oxidation sites excluding steroid dienone is 8. The normalized spacial score (nSPS) is 32.9. The molecule has 0 radical (unpaired) electrons. The van der Waals surface area contributed by atoms with E-state index >= 15 is 0 Å². The number of ketones is 1. The number of benzene rings is 1. The van der Waals surface area contributed by atoms with Crippen LogP contribution in [0.1, 0.15) is 102 Å². The SMILES string of the molecule is C=C1C=CC=C(C2CC3CCCC4(O)CCC(=C(C)C(=O)Cc5cccc6c5OC(=O)NC6N)C(CCCO)C34C2O)COCC#CCC(C)=CCC1. The molecule has 1 aromatic carbocycles. The molecule has 7 unspecified atom stereocenters. The van der Waals surface area contributed by atoms with Crippen LogP contribution in [0.5, 0.6) is 5.75 Å². The molecule has 2 heterocycles. The third kappa shape index (κ3) is 7.76. The Kier molecular flexibility index (Phi) is 12.3. The van der Waals surface area contributed by atoms with Gasteiger partial charge >= 0.3 is 6.09 Å². The highest BCUT2D eigenvalue weighted by Crippen LogP contribution is 2.69. The molecule has 1 spiro atoms. The minimum atomic E-state index is -1.13. The number of hydrogen-bond donors (Lipinski definition) is 5. The van der Waals surface area contributed by atoms with Crippen molar-refractivity contribution in [3.05, 3.63) is 88.1 Å². The van der Waals surface area contributed by atoms with E-state index in [1.165, 1.54) is 5.57 Å². The van der Waals surface area contributed by atoms with Gasteiger partial charge in [-0.25, -0.2) is 4.79 Å². The van der Waals surface area contributed by atoms with Gasteiger partial charge in [0.2, 0.25) is 0 Å². The average Bonchev–Trinajstić information content (AvgIpc) is 3.42. The molecule has 9 heteroatoms. The second-order valence-electron chi connectivity index (χ2n) is 15.7. The predicted molar refractivity (Wildman–Crippen MR) is 204 cm³/mol. The zero-order chi connectivity index (χ0) is 37.8. The van der Waals surface area contributed by atoms with Gasteiger partial charge < -0.3 is 35.8 Å². The van der Waals surface area contributed by atoms with E-state index in [9.17, 15) is 24.9 Å². The number of nitrogens with one attached hydrogen (secondary N) is 1. The van der Waals surface area contributed by atoms with Gasteiger partial charge in [-0.15, -0.1) is 0 Å². The number of para-hydroxylation sites is 1.